The van der Waals surface area contributed by atoms with E-state index >= 15 is 0 Å². The first-order chi connectivity index (χ1) is 13.3. The molecule has 132 valence electrons. The fraction of sp³-hybridized carbons (Fsp3) is 0.0417. The third-order valence-corrected chi connectivity index (χ3v) is 4.35. The van der Waals surface area contributed by atoms with Crippen molar-refractivity contribution in [2.45, 2.75) is 6.61 Å². The van der Waals surface area contributed by atoms with Crippen molar-refractivity contribution >= 4 is 6.29 Å². The van der Waals surface area contributed by atoms with Crippen molar-refractivity contribution in [3.8, 4) is 28.2 Å². The average molecular weight is 354 g/mol. The Morgan fingerprint density at radius 3 is 2.19 bits per heavy atom. The summed E-state index contributed by atoms with van der Waals surface area (Å²) >= 11 is 0. The zero-order chi connectivity index (χ0) is 18.5. The molecule has 0 aliphatic rings. The highest BCUT2D eigenvalue weighted by Gasteiger charge is 2.08. The van der Waals surface area contributed by atoms with Gasteiger partial charge in [0.1, 0.15) is 18.1 Å². The summed E-state index contributed by atoms with van der Waals surface area (Å²) in [5, 5.41) is 0. The largest absolute Gasteiger partial charge is 0.488 e. The first-order valence-electron chi connectivity index (χ1n) is 8.75. The lowest BCUT2D eigenvalue weighted by Crippen LogP contribution is -1.96. The van der Waals surface area contributed by atoms with Crippen molar-refractivity contribution in [3.63, 3.8) is 0 Å². The molecule has 1 aromatic heterocycles. The highest BCUT2D eigenvalue weighted by molar-refractivity contribution is 5.75. The zero-order valence-corrected chi connectivity index (χ0v) is 14.7. The van der Waals surface area contributed by atoms with E-state index in [0.717, 1.165) is 28.0 Å². The van der Waals surface area contributed by atoms with E-state index in [0.29, 0.717) is 24.4 Å². The molecule has 0 spiro atoms. The molecule has 0 aliphatic heterocycles. The van der Waals surface area contributed by atoms with Gasteiger partial charge in [0.25, 0.3) is 0 Å². The van der Waals surface area contributed by atoms with Gasteiger partial charge in [0.2, 0.25) is 0 Å². The number of hydrogen-bond acceptors (Lipinski definition) is 3. The predicted molar refractivity (Wildman–Crippen MR) is 106 cm³/mol. The first kappa shape index (κ1) is 16.9. The molecule has 0 fully saturated rings. The number of carbonyl (C=O) groups excluding carboxylic acids is 1. The van der Waals surface area contributed by atoms with Gasteiger partial charge in [-0.25, -0.2) is 0 Å². The lowest BCUT2D eigenvalue weighted by Gasteiger charge is -2.12. The highest BCUT2D eigenvalue weighted by atomic mass is 16.5. The van der Waals surface area contributed by atoms with Gasteiger partial charge in [-0.1, -0.05) is 72.8 Å². The molecule has 3 heteroatoms. The van der Waals surface area contributed by atoms with Crippen LogP contribution < -0.4 is 4.74 Å². The van der Waals surface area contributed by atoms with Gasteiger partial charge in [-0.05, 0) is 29.3 Å². The van der Waals surface area contributed by atoms with E-state index in [1.165, 1.54) is 0 Å². The smallest absolute Gasteiger partial charge is 0.185 e. The standard InChI is InChI=1S/C24H18O3/c25-16-21-14-15-23(27-21)20-12-10-19(11-13-20)22-8-4-5-9-24(22)26-17-18-6-2-1-3-7-18/h1-16H,17H2. The number of carbonyl (C=O) groups is 1. The Morgan fingerprint density at radius 1 is 0.741 bits per heavy atom. The Kier molecular flexibility index (Phi) is 4.84. The SMILES string of the molecule is O=Cc1ccc(-c2ccc(-c3ccccc3OCc3ccccc3)cc2)o1. The minimum atomic E-state index is 0.328. The molecular formula is C24H18O3. The number of aldehydes is 1. The molecule has 27 heavy (non-hydrogen) atoms. The Morgan fingerprint density at radius 2 is 1.44 bits per heavy atom. The van der Waals surface area contributed by atoms with Gasteiger partial charge in [0, 0.05) is 11.1 Å². The van der Waals surface area contributed by atoms with Gasteiger partial charge in [0.15, 0.2) is 12.0 Å². The van der Waals surface area contributed by atoms with Crippen LogP contribution in [-0.2, 0) is 6.61 Å². The Bertz CT molecular complexity index is 1030. The van der Waals surface area contributed by atoms with Gasteiger partial charge >= 0.3 is 0 Å². The van der Waals surface area contributed by atoms with E-state index < -0.39 is 0 Å². The van der Waals surface area contributed by atoms with Crippen molar-refractivity contribution in [1.82, 2.24) is 0 Å². The Balaban J connectivity index is 1.57. The predicted octanol–water partition coefficient (Wildman–Crippen LogP) is 6.01. The summed E-state index contributed by atoms with van der Waals surface area (Å²) in [4.78, 5) is 10.8. The molecule has 3 aromatic carbocycles. The van der Waals surface area contributed by atoms with Gasteiger partial charge in [-0.2, -0.15) is 0 Å². The quantitative estimate of drug-likeness (QED) is 0.398. The Hall–Kier alpha value is -3.59. The van der Waals surface area contributed by atoms with E-state index in [9.17, 15) is 4.79 Å². The van der Waals surface area contributed by atoms with Crippen molar-refractivity contribution in [1.29, 1.82) is 0 Å². The third kappa shape index (κ3) is 3.82. The van der Waals surface area contributed by atoms with Crippen LogP contribution in [0, 0.1) is 0 Å². The van der Waals surface area contributed by atoms with Crippen molar-refractivity contribution in [2.24, 2.45) is 0 Å². The monoisotopic (exact) mass is 354 g/mol. The normalized spacial score (nSPS) is 10.5. The minimum Gasteiger partial charge on any atom is -0.488 e. The van der Waals surface area contributed by atoms with Gasteiger partial charge in [0.05, 0.1) is 0 Å². The van der Waals surface area contributed by atoms with Crippen LogP contribution >= 0.6 is 0 Å². The Labute approximate surface area is 157 Å². The molecule has 0 saturated heterocycles. The number of ether oxygens (including phenoxy) is 1. The number of rotatable bonds is 6. The van der Waals surface area contributed by atoms with Crippen LogP contribution in [-0.4, -0.2) is 6.29 Å². The highest BCUT2D eigenvalue weighted by Crippen LogP contribution is 2.32. The molecule has 0 bridgehead atoms. The topological polar surface area (TPSA) is 39.4 Å². The lowest BCUT2D eigenvalue weighted by atomic mass is 10.0. The molecule has 0 N–H and O–H groups in total. The molecule has 0 atom stereocenters. The maximum absolute atomic E-state index is 10.8. The fourth-order valence-corrected chi connectivity index (χ4v) is 2.95. The fourth-order valence-electron chi connectivity index (χ4n) is 2.95. The van der Waals surface area contributed by atoms with Crippen molar-refractivity contribution in [3.05, 3.63) is 102 Å². The molecule has 4 rings (SSSR count). The van der Waals surface area contributed by atoms with Gasteiger partial charge in [-0.15, -0.1) is 0 Å². The van der Waals surface area contributed by atoms with Crippen LogP contribution in [0.5, 0.6) is 5.75 Å². The summed E-state index contributed by atoms with van der Waals surface area (Å²) in [6, 6.07) is 29.6. The van der Waals surface area contributed by atoms with E-state index in [1.54, 1.807) is 12.1 Å². The van der Waals surface area contributed by atoms with Crippen molar-refractivity contribution < 1.29 is 13.9 Å². The van der Waals surface area contributed by atoms with E-state index in [1.807, 2.05) is 78.9 Å². The number of furan rings is 1. The third-order valence-electron chi connectivity index (χ3n) is 4.35. The molecule has 0 radical (unpaired) electrons. The van der Waals surface area contributed by atoms with Crippen molar-refractivity contribution in [2.75, 3.05) is 0 Å². The maximum Gasteiger partial charge on any atom is 0.185 e. The maximum atomic E-state index is 10.8. The number of para-hydroxylation sites is 1. The number of benzene rings is 3. The molecule has 0 aliphatic carbocycles. The minimum absolute atomic E-state index is 0.328. The number of hydrogen-bond donors (Lipinski definition) is 0. The summed E-state index contributed by atoms with van der Waals surface area (Å²) in [6.45, 7) is 0.525. The van der Waals surface area contributed by atoms with Crippen LogP contribution in [0.4, 0.5) is 0 Å². The molecule has 3 nitrogen and oxygen atoms in total. The van der Waals surface area contributed by atoms with E-state index in [4.69, 9.17) is 9.15 Å². The summed E-state index contributed by atoms with van der Waals surface area (Å²) in [7, 11) is 0. The first-order valence-corrected chi connectivity index (χ1v) is 8.75. The summed E-state index contributed by atoms with van der Waals surface area (Å²) in [5.74, 6) is 1.85. The average Bonchev–Trinajstić information content (AvgIpc) is 3.23. The van der Waals surface area contributed by atoms with Gasteiger partial charge in [-0.3, -0.25) is 4.79 Å². The van der Waals surface area contributed by atoms with Crippen LogP contribution in [0.1, 0.15) is 16.1 Å². The lowest BCUT2D eigenvalue weighted by molar-refractivity contribution is 0.110. The molecule has 4 aromatic rings. The van der Waals surface area contributed by atoms with Crippen LogP contribution in [0.3, 0.4) is 0 Å². The molecule has 1 heterocycles. The second kappa shape index (κ2) is 7.75. The summed E-state index contributed by atoms with van der Waals surface area (Å²) in [5.41, 5.74) is 4.15. The molecular weight excluding hydrogens is 336 g/mol. The van der Waals surface area contributed by atoms with E-state index in [2.05, 4.69) is 0 Å². The van der Waals surface area contributed by atoms with Gasteiger partial charge < -0.3 is 9.15 Å². The summed E-state index contributed by atoms with van der Waals surface area (Å²) < 4.78 is 11.5. The van der Waals surface area contributed by atoms with Crippen LogP contribution in [0.2, 0.25) is 0 Å². The second-order valence-corrected chi connectivity index (χ2v) is 6.17. The van der Waals surface area contributed by atoms with Crippen LogP contribution in [0.15, 0.2) is 95.4 Å². The van der Waals surface area contributed by atoms with E-state index in [-0.39, 0.29) is 0 Å². The molecule has 0 amide bonds. The molecule has 0 unspecified atom stereocenters. The van der Waals surface area contributed by atoms with Crippen LogP contribution in [0.25, 0.3) is 22.5 Å². The summed E-state index contributed by atoms with van der Waals surface area (Å²) in [6.07, 6.45) is 0.707. The zero-order valence-electron chi connectivity index (χ0n) is 14.7. The molecule has 0 saturated carbocycles. The second-order valence-electron chi connectivity index (χ2n) is 6.17.